The summed E-state index contributed by atoms with van der Waals surface area (Å²) >= 11 is 0. The Morgan fingerprint density at radius 3 is 1.83 bits per heavy atom. The van der Waals surface area contributed by atoms with E-state index in [9.17, 15) is 6.85 Å². The highest BCUT2D eigenvalue weighted by molar-refractivity contribution is 7.20. The van der Waals surface area contributed by atoms with Crippen molar-refractivity contribution in [3.8, 4) is 22.5 Å². The third-order valence-corrected chi connectivity index (χ3v) is 17.0. The lowest BCUT2D eigenvalue weighted by Gasteiger charge is -2.35. The van der Waals surface area contributed by atoms with Gasteiger partial charge in [0.2, 0.25) is 0 Å². The monoisotopic (exact) mass is 841 g/mol. The lowest BCUT2D eigenvalue weighted by Crippen LogP contribution is -2.74. The largest absolute Gasteiger partial charge is 0.309 e. The van der Waals surface area contributed by atoms with E-state index in [0.29, 0.717) is 16.3 Å². The molecule has 2 nitrogen and oxygen atoms in total. The number of rotatable bonds is 8. The van der Waals surface area contributed by atoms with Gasteiger partial charge in [-0.15, -0.1) is 0 Å². The predicted molar refractivity (Wildman–Crippen MR) is 270 cm³/mol. The van der Waals surface area contributed by atoms with Crippen LogP contribution in [0.2, 0.25) is 0 Å². The van der Waals surface area contributed by atoms with Crippen molar-refractivity contribution in [3.05, 3.63) is 230 Å². The van der Waals surface area contributed by atoms with E-state index < -0.39 is 93.7 Å². The fourth-order valence-corrected chi connectivity index (χ4v) is 14.4. The zero-order valence-corrected chi connectivity index (χ0v) is 34.8. The van der Waals surface area contributed by atoms with Crippen LogP contribution in [0.3, 0.4) is 0 Å². The minimum atomic E-state index is -3.78. The summed E-state index contributed by atoms with van der Waals surface area (Å²) in [5, 5.41) is 5.08. The van der Waals surface area contributed by atoms with Crippen molar-refractivity contribution < 1.29 is 23.3 Å². The Morgan fingerprint density at radius 1 is 0.444 bits per heavy atom. The molecule has 3 heteroatoms. The summed E-state index contributed by atoms with van der Waals surface area (Å²) < 4.78 is 158. The minimum absolute atomic E-state index is 0.216. The maximum absolute atomic E-state index is 10.0. The Labute approximate surface area is 394 Å². The highest BCUT2D eigenvalue weighted by atomic mass is 28.3. The molecule has 63 heavy (non-hydrogen) atoms. The minimum Gasteiger partial charge on any atom is -0.309 e. The van der Waals surface area contributed by atoms with Crippen molar-refractivity contribution >= 4 is 72.4 Å². The van der Waals surface area contributed by atoms with Gasteiger partial charge in [-0.25, -0.2) is 0 Å². The number of aromatic nitrogens is 2. The second kappa shape index (κ2) is 15.6. The Morgan fingerprint density at radius 2 is 1.05 bits per heavy atom. The van der Waals surface area contributed by atoms with Crippen LogP contribution >= 0.6 is 0 Å². The van der Waals surface area contributed by atoms with Crippen LogP contribution in [0, 0.1) is 0 Å². The quantitative estimate of drug-likeness (QED) is 0.107. The average Bonchev–Trinajstić information content (AvgIpc) is 4.14. The van der Waals surface area contributed by atoms with Gasteiger partial charge in [0.25, 0.3) is 0 Å². The van der Waals surface area contributed by atoms with E-state index in [0.717, 1.165) is 43.1 Å². The molecule has 1 aliphatic rings. The maximum atomic E-state index is 10.0. The molecule has 0 N–H and O–H groups in total. The summed E-state index contributed by atoms with van der Waals surface area (Å²) in [6.07, 6.45) is -18.6. The first-order chi connectivity index (χ1) is 38.0. The van der Waals surface area contributed by atoms with Crippen molar-refractivity contribution in [2.45, 2.75) is 37.8 Å². The normalized spacial score (nSPS) is 21.6. The summed E-state index contributed by atoms with van der Waals surface area (Å²) in [6.45, 7) is 0. The first-order valence-corrected chi connectivity index (χ1v) is 22.9. The van der Waals surface area contributed by atoms with Crippen LogP contribution in [0.1, 0.15) is 66.6 Å². The lowest BCUT2D eigenvalue weighted by molar-refractivity contribution is 0.444. The molecule has 11 aromatic rings. The summed E-state index contributed by atoms with van der Waals surface area (Å²) in [5.41, 5.74) is 2.94. The van der Waals surface area contributed by atoms with Gasteiger partial charge in [-0.1, -0.05) is 201 Å². The molecule has 1 fully saturated rings. The molecule has 1 aliphatic carbocycles. The van der Waals surface area contributed by atoms with E-state index in [1.807, 2.05) is 72.8 Å². The second-order valence-corrected chi connectivity index (χ2v) is 19.5. The Bertz CT molecular complexity index is 4260. The van der Waals surface area contributed by atoms with Crippen LogP contribution in [0.4, 0.5) is 0 Å². The molecule has 0 bridgehead atoms. The van der Waals surface area contributed by atoms with Gasteiger partial charge in [-0.2, -0.15) is 0 Å². The van der Waals surface area contributed by atoms with E-state index in [4.69, 9.17) is 16.4 Å². The van der Waals surface area contributed by atoms with E-state index in [1.54, 1.807) is 12.1 Å². The highest BCUT2D eigenvalue weighted by Gasteiger charge is 2.42. The van der Waals surface area contributed by atoms with Crippen molar-refractivity contribution in [3.63, 3.8) is 0 Å². The molecule has 9 aromatic carbocycles. The molecule has 1 saturated carbocycles. The molecule has 2 heterocycles. The zero-order valence-electron chi connectivity index (χ0n) is 50.8. The van der Waals surface area contributed by atoms with Crippen LogP contribution < -0.4 is 20.7 Å². The number of fused-ring (bicyclic) bond motifs is 6. The number of para-hydroxylation sites is 2. The molecule has 0 saturated heterocycles. The molecule has 12 rings (SSSR count). The SMILES string of the molecule is [2H]c1c([2H])c([2H])c2c(c1[2H])c1c([2H])c([2H])c(C3C([2H])([2H])C([2H])([2H])C([2H])([2H])C([2H])([2H])C3([2H])[2H])c([2H])c1n2-c1cccc2c1c1ccccc1n2-c1cccc([Si](c2ccccc2)(c2ccccc2)c2cccc(-c3ccccc3)c2)c1. The van der Waals surface area contributed by atoms with Gasteiger partial charge in [-0.3, -0.25) is 0 Å². The average molecular weight is 842 g/mol. The third-order valence-electron chi connectivity index (χ3n) is 12.3. The van der Waals surface area contributed by atoms with E-state index in [1.165, 1.54) is 4.57 Å². The van der Waals surface area contributed by atoms with Crippen LogP contribution in [0.5, 0.6) is 0 Å². The first-order valence-electron chi connectivity index (χ1n) is 29.4. The van der Waals surface area contributed by atoms with Gasteiger partial charge in [0, 0.05) is 40.9 Å². The van der Waals surface area contributed by atoms with Crippen LogP contribution in [-0.2, 0) is 0 Å². The Kier molecular flexibility index (Phi) is 5.91. The lowest BCUT2D eigenvalue weighted by atomic mass is 9.84. The molecule has 302 valence electrons. The molecule has 0 aliphatic heterocycles. The number of nitrogens with zero attached hydrogens (tertiary/aromatic N) is 2. The van der Waals surface area contributed by atoms with Gasteiger partial charge < -0.3 is 9.13 Å². The summed E-state index contributed by atoms with van der Waals surface area (Å²) in [4.78, 5) is 0. The highest BCUT2D eigenvalue weighted by Crippen LogP contribution is 2.41. The molecule has 2 aromatic heterocycles. The molecule has 0 spiro atoms. The Balaban J connectivity index is 1.18. The predicted octanol–water partition coefficient (Wildman–Crippen LogP) is 13.0. The van der Waals surface area contributed by atoms with Crippen molar-refractivity contribution in [1.82, 2.24) is 9.13 Å². The Hall–Kier alpha value is -7.20. The second-order valence-electron chi connectivity index (χ2n) is 15.7. The molecular weight excluding hydrogens is 777 g/mol. The van der Waals surface area contributed by atoms with E-state index >= 15 is 0 Å². The van der Waals surface area contributed by atoms with E-state index in [2.05, 4.69) is 102 Å². The van der Waals surface area contributed by atoms with Crippen LogP contribution in [0.15, 0.2) is 224 Å². The van der Waals surface area contributed by atoms with Gasteiger partial charge in [0.05, 0.1) is 37.3 Å². The van der Waals surface area contributed by atoms with Gasteiger partial charge >= 0.3 is 0 Å². The molecule has 0 unspecified atom stereocenters. The van der Waals surface area contributed by atoms with Gasteiger partial charge in [0.1, 0.15) is 0 Å². The van der Waals surface area contributed by atoms with Crippen LogP contribution in [-0.4, -0.2) is 17.2 Å². The smallest absolute Gasteiger partial charge is 0.179 e. The van der Waals surface area contributed by atoms with Gasteiger partial charge in [0.15, 0.2) is 8.07 Å². The number of hydrogen-bond acceptors (Lipinski definition) is 0. The molecule has 0 radical (unpaired) electrons. The summed E-state index contributed by atoms with van der Waals surface area (Å²) in [7, 11) is -3.23. The first kappa shape index (κ1) is 23.9. The topological polar surface area (TPSA) is 9.86 Å². The fraction of sp³-hybridized carbons (Fsp3) is 0.100. The zero-order chi connectivity index (χ0) is 56.8. The summed E-state index contributed by atoms with van der Waals surface area (Å²) in [6, 6.07) is 56.0. The van der Waals surface area contributed by atoms with Crippen molar-refractivity contribution in [2.75, 3.05) is 0 Å². The molecule has 0 amide bonds. The van der Waals surface area contributed by atoms with Gasteiger partial charge in [-0.05, 0) is 98.5 Å². The van der Waals surface area contributed by atoms with Crippen LogP contribution in [0.25, 0.3) is 66.1 Å². The van der Waals surface area contributed by atoms with E-state index in [-0.39, 0.29) is 27.5 Å². The number of hydrogen-bond donors (Lipinski definition) is 0. The fourth-order valence-electron chi connectivity index (χ4n) is 9.62. The summed E-state index contributed by atoms with van der Waals surface area (Å²) in [5.74, 6) is -2.71. The van der Waals surface area contributed by atoms with Crippen molar-refractivity contribution in [1.29, 1.82) is 0 Å². The molecule has 0 atom stereocenters. The maximum Gasteiger partial charge on any atom is 0.179 e. The third kappa shape index (κ3) is 6.13. The van der Waals surface area contributed by atoms with Crippen molar-refractivity contribution in [2.24, 2.45) is 0 Å². The number of benzene rings is 9. The molecular formula is C60H48N2Si. The standard InChI is InChI=1S/C60H48N2Si/c1-5-20-43(21-6-1)45-24-17-30-50(40-45)63(48-26-9-3-10-27-48,49-28-11-4-12-29-49)51-31-18-25-47(42-51)61-56-35-16-14-33-54(56)60-57(61)36-19-37-58(60)62-55-34-15-13-32-52(55)53-39-38-46(41-59(53)62)44-22-7-2-8-23-44/h1,3-6,9-21,24-42,44H,2,7-8,22-23H2/i2D2,7D2,8D2,13D,15D,22D2,23D2,32D,34D,38D,39D,41D.